The molecule has 2 heterocycles. The van der Waals surface area contributed by atoms with Crippen LogP contribution in [0.4, 0.5) is 13.2 Å². The molecule has 0 amide bonds. The highest BCUT2D eigenvalue weighted by atomic mass is 32.2. The quantitative estimate of drug-likeness (QED) is 0.818. The van der Waals surface area contributed by atoms with Crippen molar-refractivity contribution >= 4 is 23.1 Å². The number of nitrogens with zero attached hydrogens (tertiary/aromatic N) is 1. The fourth-order valence-electron chi connectivity index (χ4n) is 2.88. The lowest BCUT2D eigenvalue weighted by Gasteiger charge is -2.36. The number of alkyl halides is 3. The minimum absolute atomic E-state index is 0.0219. The highest BCUT2D eigenvalue weighted by Gasteiger charge is 2.33. The standard InChI is InChI=1S/C16H17F3N2S2/c17-16(18,19)23-14-4-2-1-3-13(14)15(12-5-10-22-11-12)21-8-6-20-7-9-21/h1-5,10-11,15,20H,6-9H2/t15-/m1/s1. The maximum absolute atomic E-state index is 12.9. The average molecular weight is 358 g/mol. The summed E-state index contributed by atoms with van der Waals surface area (Å²) in [6, 6.07) is 8.74. The summed E-state index contributed by atoms with van der Waals surface area (Å²) < 4.78 is 38.7. The van der Waals surface area contributed by atoms with Gasteiger partial charge in [-0.05, 0) is 45.8 Å². The molecule has 3 rings (SSSR count). The molecule has 2 aromatic rings. The van der Waals surface area contributed by atoms with Crippen LogP contribution in [0.1, 0.15) is 17.2 Å². The zero-order valence-corrected chi connectivity index (χ0v) is 14.0. The first-order chi connectivity index (χ1) is 11.0. The van der Waals surface area contributed by atoms with Gasteiger partial charge in [0.15, 0.2) is 0 Å². The van der Waals surface area contributed by atoms with E-state index in [9.17, 15) is 13.2 Å². The molecule has 0 spiro atoms. The molecular formula is C16H17F3N2S2. The summed E-state index contributed by atoms with van der Waals surface area (Å²) in [7, 11) is 0. The Balaban J connectivity index is 2.00. The Morgan fingerprint density at radius 1 is 1.13 bits per heavy atom. The second-order valence-electron chi connectivity index (χ2n) is 5.33. The van der Waals surface area contributed by atoms with Crippen molar-refractivity contribution in [1.82, 2.24) is 10.2 Å². The number of halogens is 3. The minimum atomic E-state index is -4.28. The zero-order valence-electron chi connectivity index (χ0n) is 12.3. The van der Waals surface area contributed by atoms with Crippen LogP contribution in [0, 0.1) is 0 Å². The number of thioether (sulfide) groups is 1. The lowest BCUT2D eigenvalue weighted by Crippen LogP contribution is -2.45. The fourth-order valence-corrected chi connectivity index (χ4v) is 4.25. The predicted octanol–water partition coefficient (Wildman–Crippen LogP) is 4.35. The van der Waals surface area contributed by atoms with E-state index >= 15 is 0 Å². The van der Waals surface area contributed by atoms with Gasteiger partial charge >= 0.3 is 5.51 Å². The van der Waals surface area contributed by atoms with E-state index in [0.29, 0.717) is 0 Å². The van der Waals surface area contributed by atoms with Gasteiger partial charge in [-0.1, -0.05) is 18.2 Å². The highest BCUT2D eigenvalue weighted by Crippen LogP contribution is 2.42. The molecule has 1 atom stereocenters. The number of rotatable bonds is 4. The maximum Gasteiger partial charge on any atom is 0.446 e. The summed E-state index contributed by atoms with van der Waals surface area (Å²) in [5, 5.41) is 7.30. The lowest BCUT2D eigenvalue weighted by atomic mass is 9.99. The Morgan fingerprint density at radius 2 is 1.87 bits per heavy atom. The number of thiophene rings is 1. The van der Waals surface area contributed by atoms with Gasteiger partial charge in [0, 0.05) is 31.1 Å². The second-order valence-corrected chi connectivity index (χ2v) is 7.22. The summed E-state index contributed by atoms with van der Waals surface area (Å²) in [5.74, 6) is 0. The van der Waals surface area contributed by atoms with Gasteiger partial charge in [-0.15, -0.1) is 0 Å². The number of hydrogen-bond acceptors (Lipinski definition) is 4. The van der Waals surface area contributed by atoms with Crippen molar-refractivity contribution in [2.24, 2.45) is 0 Å². The first-order valence-electron chi connectivity index (χ1n) is 7.36. The van der Waals surface area contributed by atoms with Gasteiger partial charge in [-0.3, -0.25) is 4.90 Å². The summed E-state index contributed by atoms with van der Waals surface area (Å²) >= 11 is 1.55. The predicted molar refractivity (Wildman–Crippen MR) is 89.0 cm³/mol. The molecule has 1 N–H and O–H groups in total. The van der Waals surface area contributed by atoms with Crippen LogP contribution in [-0.2, 0) is 0 Å². The number of piperazine rings is 1. The number of nitrogens with one attached hydrogen (secondary N) is 1. The van der Waals surface area contributed by atoms with Crippen LogP contribution in [0.2, 0.25) is 0 Å². The monoisotopic (exact) mass is 358 g/mol. The molecule has 1 aliphatic rings. The van der Waals surface area contributed by atoms with Crippen molar-refractivity contribution < 1.29 is 13.2 Å². The van der Waals surface area contributed by atoms with E-state index in [-0.39, 0.29) is 22.7 Å². The van der Waals surface area contributed by atoms with E-state index in [1.807, 2.05) is 29.0 Å². The van der Waals surface area contributed by atoms with E-state index in [4.69, 9.17) is 0 Å². The molecule has 1 aromatic heterocycles. The normalized spacial score (nSPS) is 18.0. The highest BCUT2D eigenvalue weighted by molar-refractivity contribution is 8.00. The Morgan fingerprint density at radius 3 is 2.52 bits per heavy atom. The molecule has 0 unspecified atom stereocenters. The molecule has 0 bridgehead atoms. The second kappa shape index (κ2) is 7.25. The molecule has 1 fully saturated rings. The van der Waals surface area contributed by atoms with E-state index < -0.39 is 5.51 Å². The fraction of sp³-hybridized carbons (Fsp3) is 0.375. The van der Waals surface area contributed by atoms with Gasteiger partial charge in [0.2, 0.25) is 0 Å². The Kier molecular flexibility index (Phi) is 5.31. The molecule has 23 heavy (non-hydrogen) atoms. The van der Waals surface area contributed by atoms with Crippen LogP contribution < -0.4 is 5.32 Å². The van der Waals surface area contributed by atoms with Gasteiger partial charge in [0.05, 0.1) is 6.04 Å². The third kappa shape index (κ3) is 4.29. The molecule has 1 aliphatic heterocycles. The zero-order chi connectivity index (χ0) is 16.3. The van der Waals surface area contributed by atoms with Crippen molar-refractivity contribution in [3.05, 3.63) is 52.2 Å². The topological polar surface area (TPSA) is 15.3 Å². The van der Waals surface area contributed by atoms with Crippen LogP contribution in [0.15, 0.2) is 46.0 Å². The van der Waals surface area contributed by atoms with Crippen LogP contribution >= 0.6 is 23.1 Å². The smallest absolute Gasteiger partial charge is 0.314 e. The molecule has 1 aromatic carbocycles. The van der Waals surface area contributed by atoms with Gasteiger partial charge in [-0.2, -0.15) is 24.5 Å². The summed E-state index contributed by atoms with van der Waals surface area (Å²) in [5.41, 5.74) is -2.49. The Labute approximate surface area is 141 Å². The average Bonchev–Trinajstić information content (AvgIpc) is 3.03. The third-order valence-electron chi connectivity index (χ3n) is 3.81. The molecule has 1 saturated heterocycles. The Bertz CT molecular complexity index is 623. The summed E-state index contributed by atoms with van der Waals surface area (Å²) in [6.45, 7) is 3.36. The van der Waals surface area contributed by atoms with Crippen molar-refractivity contribution in [3.63, 3.8) is 0 Å². The molecule has 0 saturated carbocycles. The molecule has 7 heteroatoms. The van der Waals surface area contributed by atoms with Crippen molar-refractivity contribution in [3.8, 4) is 0 Å². The van der Waals surface area contributed by atoms with Crippen molar-refractivity contribution in [2.45, 2.75) is 16.4 Å². The lowest BCUT2D eigenvalue weighted by molar-refractivity contribution is -0.0328. The molecular weight excluding hydrogens is 341 g/mol. The van der Waals surface area contributed by atoms with E-state index in [1.54, 1.807) is 23.5 Å². The summed E-state index contributed by atoms with van der Waals surface area (Å²) in [6.07, 6.45) is 0. The van der Waals surface area contributed by atoms with Crippen LogP contribution in [-0.4, -0.2) is 36.6 Å². The first-order valence-corrected chi connectivity index (χ1v) is 9.12. The molecule has 0 aliphatic carbocycles. The number of benzene rings is 1. The third-order valence-corrected chi connectivity index (χ3v) is 5.34. The van der Waals surface area contributed by atoms with E-state index in [0.717, 1.165) is 37.3 Å². The van der Waals surface area contributed by atoms with Crippen LogP contribution in [0.3, 0.4) is 0 Å². The van der Waals surface area contributed by atoms with Gasteiger partial charge in [0.1, 0.15) is 0 Å². The molecule has 124 valence electrons. The minimum Gasteiger partial charge on any atom is -0.314 e. The van der Waals surface area contributed by atoms with Crippen molar-refractivity contribution in [1.29, 1.82) is 0 Å². The van der Waals surface area contributed by atoms with Crippen molar-refractivity contribution in [2.75, 3.05) is 26.2 Å². The van der Waals surface area contributed by atoms with E-state index in [2.05, 4.69) is 10.2 Å². The largest absolute Gasteiger partial charge is 0.446 e. The van der Waals surface area contributed by atoms with Gasteiger partial charge < -0.3 is 5.32 Å². The Hall–Kier alpha value is -1.02. The number of hydrogen-bond donors (Lipinski definition) is 1. The van der Waals surface area contributed by atoms with Crippen LogP contribution in [0.5, 0.6) is 0 Å². The summed E-state index contributed by atoms with van der Waals surface area (Å²) in [4.78, 5) is 2.55. The van der Waals surface area contributed by atoms with Gasteiger partial charge in [-0.25, -0.2) is 0 Å². The van der Waals surface area contributed by atoms with Crippen LogP contribution in [0.25, 0.3) is 0 Å². The maximum atomic E-state index is 12.9. The molecule has 2 nitrogen and oxygen atoms in total. The van der Waals surface area contributed by atoms with Gasteiger partial charge in [0.25, 0.3) is 0 Å². The SMILES string of the molecule is FC(F)(F)Sc1ccccc1[C@@H](c1ccsc1)N1CCNCC1. The molecule has 0 radical (unpaired) electrons. The first kappa shape index (κ1) is 16.8. The van der Waals surface area contributed by atoms with E-state index in [1.165, 1.54) is 0 Å².